The Morgan fingerprint density at radius 3 is 2.53 bits per heavy atom. The van der Waals surface area contributed by atoms with Crippen LogP contribution in [0.1, 0.15) is 11.1 Å². The number of hydrogen-bond acceptors (Lipinski definition) is 4. The number of rotatable bonds is 7. The van der Waals surface area contributed by atoms with E-state index < -0.39 is 0 Å². The van der Waals surface area contributed by atoms with Crippen LogP contribution in [0.15, 0.2) is 97.4 Å². The van der Waals surface area contributed by atoms with Crippen LogP contribution in [0.4, 0.5) is 5.69 Å². The molecule has 5 nitrogen and oxygen atoms in total. The second kappa shape index (κ2) is 13.5. The zero-order valence-electron chi connectivity index (χ0n) is 19.2. The van der Waals surface area contributed by atoms with Crippen LogP contribution in [0.2, 0.25) is 0 Å². The maximum absolute atomic E-state index is 9.29. The van der Waals surface area contributed by atoms with Gasteiger partial charge in [0.2, 0.25) is 5.52 Å². The third-order valence-electron chi connectivity index (χ3n) is 5.37. The van der Waals surface area contributed by atoms with E-state index in [0.717, 1.165) is 33.3 Å². The summed E-state index contributed by atoms with van der Waals surface area (Å²) in [6.07, 6.45) is 16.5. The van der Waals surface area contributed by atoms with Gasteiger partial charge in [0.1, 0.15) is 6.61 Å². The highest BCUT2D eigenvalue weighted by Crippen LogP contribution is 2.32. The zero-order valence-corrected chi connectivity index (χ0v) is 20.0. The van der Waals surface area contributed by atoms with E-state index in [4.69, 9.17) is 0 Å². The van der Waals surface area contributed by atoms with Crippen LogP contribution < -0.4 is 9.47 Å². The molecule has 2 N–H and O–H groups in total. The lowest BCUT2D eigenvalue weighted by atomic mass is 9.99. The van der Waals surface area contributed by atoms with Crippen molar-refractivity contribution in [3.8, 4) is 0 Å². The molecule has 3 aromatic rings. The average Bonchev–Trinajstić information content (AvgIpc) is 2.87. The summed E-state index contributed by atoms with van der Waals surface area (Å²) in [7, 11) is 1.39. The lowest BCUT2D eigenvalue weighted by molar-refractivity contribution is -0.672. The monoisotopic (exact) mass is 477 g/mol. The number of aromatic nitrogens is 1. The first-order valence-electron chi connectivity index (χ1n) is 11.1. The Balaban J connectivity index is 0.00000103. The molecule has 0 bridgehead atoms. The first kappa shape index (κ1) is 25.4. The topological polar surface area (TPSA) is 56.8 Å². The Bertz CT molecular complexity index is 1200. The molecule has 0 spiro atoms. The molecule has 0 saturated carbocycles. The molecular formula is C28H30ClN2O3+. The fraction of sp³-hybridized carbons (Fsp3) is 0.179. The van der Waals surface area contributed by atoms with E-state index in [9.17, 15) is 10.2 Å². The van der Waals surface area contributed by atoms with Gasteiger partial charge >= 0.3 is 0 Å². The molecule has 4 rings (SSSR count). The van der Waals surface area contributed by atoms with Crippen molar-refractivity contribution in [2.45, 2.75) is 6.54 Å². The number of nitrogens with zero attached hydrogens (tertiary/aromatic N) is 2. The molecule has 0 atom stereocenters. The molecule has 6 heteroatoms. The van der Waals surface area contributed by atoms with Crippen molar-refractivity contribution in [3.63, 3.8) is 0 Å². The molecule has 2 heterocycles. The highest BCUT2D eigenvalue weighted by atomic mass is 35.5. The van der Waals surface area contributed by atoms with Crippen LogP contribution in [0.3, 0.4) is 0 Å². The van der Waals surface area contributed by atoms with E-state index in [1.807, 2.05) is 54.9 Å². The predicted molar refractivity (Wildman–Crippen MR) is 140 cm³/mol. The van der Waals surface area contributed by atoms with Crippen LogP contribution in [-0.4, -0.2) is 37.1 Å². The van der Waals surface area contributed by atoms with Gasteiger partial charge in [-0.25, -0.2) is 0 Å². The van der Waals surface area contributed by atoms with Gasteiger partial charge in [-0.1, -0.05) is 60.7 Å². The lowest BCUT2D eigenvalue weighted by Gasteiger charge is -2.26. The number of para-hydroxylation sites is 2. The molecule has 34 heavy (non-hydrogen) atoms. The van der Waals surface area contributed by atoms with Crippen molar-refractivity contribution in [3.05, 3.63) is 109 Å². The Morgan fingerprint density at radius 1 is 0.971 bits per heavy atom. The second-order valence-electron chi connectivity index (χ2n) is 7.48. The van der Waals surface area contributed by atoms with E-state index >= 15 is 0 Å². The Kier molecular flexibility index (Phi) is 10.1. The van der Waals surface area contributed by atoms with Crippen molar-refractivity contribution in [1.29, 1.82) is 0 Å². The fourth-order valence-corrected chi connectivity index (χ4v) is 3.90. The Hall–Kier alpha value is -3.22. The van der Waals surface area contributed by atoms with Crippen LogP contribution >= 0.6 is 11.9 Å². The first-order valence-corrected chi connectivity index (χ1v) is 11.4. The van der Waals surface area contributed by atoms with E-state index in [-0.39, 0.29) is 13.2 Å². The Labute approximate surface area is 206 Å². The van der Waals surface area contributed by atoms with E-state index in [2.05, 4.69) is 74.2 Å². The van der Waals surface area contributed by atoms with Gasteiger partial charge in [0.15, 0.2) is 12.7 Å². The van der Waals surface area contributed by atoms with Crippen LogP contribution in [0, 0.1) is 0 Å². The molecule has 2 aromatic carbocycles. The number of aliphatic hydroxyl groups is 2. The number of fused-ring (bicyclic) bond motifs is 2. The van der Waals surface area contributed by atoms with Crippen molar-refractivity contribution in [2.24, 2.45) is 0 Å². The van der Waals surface area contributed by atoms with Gasteiger partial charge in [-0.15, -0.1) is 0 Å². The zero-order chi connectivity index (χ0) is 24.2. The third-order valence-corrected chi connectivity index (χ3v) is 5.37. The fourth-order valence-electron chi connectivity index (χ4n) is 3.90. The summed E-state index contributed by atoms with van der Waals surface area (Å²) in [6, 6.07) is 18.6. The van der Waals surface area contributed by atoms with Crippen molar-refractivity contribution in [2.75, 3.05) is 31.8 Å². The van der Waals surface area contributed by atoms with Gasteiger partial charge in [0.05, 0.1) is 31.0 Å². The van der Waals surface area contributed by atoms with Gasteiger partial charge in [-0.05, 0) is 29.3 Å². The molecule has 0 saturated heterocycles. The summed E-state index contributed by atoms with van der Waals surface area (Å²) in [6.45, 7) is 1.42. The van der Waals surface area contributed by atoms with Crippen LogP contribution in [-0.2, 0) is 10.8 Å². The third kappa shape index (κ3) is 6.43. The molecule has 0 radical (unpaired) electrons. The number of allylic oxidation sites excluding steroid dienone is 6. The number of hydrogen-bond donors (Lipinski definition) is 2. The van der Waals surface area contributed by atoms with Crippen molar-refractivity contribution in [1.82, 2.24) is 0 Å². The van der Waals surface area contributed by atoms with Crippen molar-refractivity contribution < 1.29 is 19.1 Å². The minimum atomic E-state index is 0.122. The molecule has 0 aliphatic carbocycles. The lowest BCUT2D eigenvalue weighted by Crippen LogP contribution is -2.36. The molecule has 0 unspecified atom stereocenters. The van der Waals surface area contributed by atoms with E-state index in [1.54, 1.807) is 0 Å². The van der Waals surface area contributed by atoms with E-state index in [0.29, 0.717) is 13.1 Å². The number of β-amino-alcohol motifs (C(OH)–C–C–N with tert-alkyl or cyclic N) is 1. The molecule has 0 amide bonds. The molecular weight excluding hydrogens is 448 g/mol. The van der Waals surface area contributed by atoms with Crippen LogP contribution in [0.5, 0.6) is 0 Å². The molecule has 1 aromatic heterocycles. The summed E-state index contributed by atoms with van der Waals surface area (Å²) >= 11 is 4.50. The first-order chi connectivity index (χ1) is 16.7. The normalized spacial score (nSPS) is 14.1. The highest BCUT2D eigenvalue weighted by molar-refractivity contribution is 6.07. The van der Waals surface area contributed by atoms with Crippen LogP contribution in [0.25, 0.3) is 22.6 Å². The van der Waals surface area contributed by atoms with Gasteiger partial charge in [-0.3, -0.25) is 4.29 Å². The molecule has 1 aliphatic heterocycles. The highest BCUT2D eigenvalue weighted by Gasteiger charge is 2.14. The predicted octanol–water partition coefficient (Wildman–Crippen LogP) is 4.89. The van der Waals surface area contributed by atoms with Crippen molar-refractivity contribution >= 4 is 40.1 Å². The quantitative estimate of drug-likeness (QED) is 0.376. The smallest absolute Gasteiger partial charge is 0.213 e. The number of anilines is 1. The summed E-state index contributed by atoms with van der Waals surface area (Å²) in [5.74, 6) is 0. The molecule has 176 valence electrons. The van der Waals surface area contributed by atoms with E-state index in [1.165, 1.54) is 7.11 Å². The molecule has 0 fully saturated rings. The summed E-state index contributed by atoms with van der Waals surface area (Å²) in [5.41, 5.74) is 5.67. The minimum absolute atomic E-state index is 0.122. The maximum Gasteiger partial charge on any atom is 0.213 e. The van der Waals surface area contributed by atoms with Gasteiger partial charge in [0.25, 0.3) is 0 Å². The molecule has 1 aliphatic rings. The SMILES string of the molecule is COCl.OCCN1C=C/C(=C/C=C/C=C/c2cc[n+](CCO)c3ccccc23)c2ccccc21. The Morgan fingerprint density at radius 2 is 1.74 bits per heavy atom. The van der Waals surface area contributed by atoms with Gasteiger partial charge in [-0.2, -0.15) is 4.57 Å². The summed E-state index contributed by atoms with van der Waals surface area (Å²) < 4.78 is 5.79. The number of pyridine rings is 1. The van der Waals surface area contributed by atoms with Gasteiger partial charge < -0.3 is 15.1 Å². The van der Waals surface area contributed by atoms with Gasteiger partial charge in [0, 0.05) is 36.1 Å². The maximum atomic E-state index is 9.29. The summed E-state index contributed by atoms with van der Waals surface area (Å²) in [4.78, 5) is 2.07. The number of aliphatic hydroxyl groups excluding tert-OH is 2. The number of benzene rings is 2. The number of halogens is 1. The standard InChI is InChI=1S/C27H27N2O2.CH3ClO/c30-20-18-28-16-14-22(24-10-4-6-12-26(24)28)8-2-1-3-9-23-15-17-29(19-21-31)27-13-7-5-11-25(23)27;1-3-2/h1-17,30-31H,18-21H2;1H3/q+1;. The second-order valence-corrected chi connectivity index (χ2v) is 7.78. The average molecular weight is 478 g/mol. The summed E-state index contributed by atoms with van der Waals surface area (Å²) in [5, 5.41) is 19.7. The largest absolute Gasteiger partial charge is 0.395 e. The minimum Gasteiger partial charge on any atom is -0.395 e.